The molecule has 4 rings (SSSR count). The van der Waals surface area contributed by atoms with E-state index in [0.29, 0.717) is 11.7 Å². The summed E-state index contributed by atoms with van der Waals surface area (Å²) in [7, 11) is 4.93. The standard InChI is InChI=1S/C28H33NO5/c1-17-9-11-29(12-10-17)26(30)13-18(2)21-15-23-24(16-34-28(23)19(3)27(21)33-6)22-14-20(31-4)7-8-25(22)32-5/h7-8,13-17H,9-12H2,1-6H3/b18-13+. The van der Waals surface area contributed by atoms with Gasteiger partial charge in [0.25, 0.3) is 0 Å². The molecule has 1 saturated heterocycles. The second-order valence-electron chi connectivity index (χ2n) is 9.01. The van der Waals surface area contributed by atoms with Gasteiger partial charge in [-0.1, -0.05) is 6.92 Å². The van der Waals surface area contributed by atoms with Crippen molar-refractivity contribution in [1.82, 2.24) is 4.90 Å². The van der Waals surface area contributed by atoms with E-state index in [9.17, 15) is 4.79 Å². The number of hydrogen-bond donors (Lipinski definition) is 0. The van der Waals surface area contributed by atoms with Crippen LogP contribution in [0.3, 0.4) is 0 Å². The van der Waals surface area contributed by atoms with Crippen LogP contribution in [-0.2, 0) is 4.79 Å². The molecule has 0 bridgehead atoms. The van der Waals surface area contributed by atoms with Crippen molar-refractivity contribution in [1.29, 1.82) is 0 Å². The molecule has 0 atom stereocenters. The van der Waals surface area contributed by atoms with Gasteiger partial charge >= 0.3 is 0 Å². The zero-order valence-corrected chi connectivity index (χ0v) is 20.9. The number of likely N-dealkylation sites (tertiary alicyclic amines) is 1. The minimum atomic E-state index is 0.0473. The smallest absolute Gasteiger partial charge is 0.246 e. The average molecular weight is 464 g/mol. The molecule has 180 valence electrons. The molecule has 6 heteroatoms. The molecule has 0 N–H and O–H groups in total. The van der Waals surface area contributed by atoms with Crippen LogP contribution in [0.2, 0.25) is 0 Å². The van der Waals surface area contributed by atoms with Gasteiger partial charge in [-0.05, 0) is 62.4 Å². The lowest BCUT2D eigenvalue weighted by molar-refractivity contribution is -0.127. The fourth-order valence-electron chi connectivity index (χ4n) is 4.69. The lowest BCUT2D eigenvalue weighted by Gasteiger charge is -2.29. The molecule has 1 amide bonds. The molecule has 34 heavy (non-hydrogen) atoms. The monoisotopic (exact) mass is 463 g/mol. The number of furan rings is 1. The van der Waals surface area contributed by atoms with E-state index in [4.69, 9.17) is 18.6 Å². The Hall–Kier alpha value is -3.41. The quantitative estimate of drug-likeness (QED) is 0.414. The summed E-state index contributed by atoms with van der Waals surface area (Å²) < 4.78 is 22.8. The number of fused-ring (bicyclic) bond motifs is 1. The van der Waals surface area contributed by atoms with Crippen molar-refractivity contribution < 1.29 is 23.4 Å². The van der Waals surface area contributed by atoms with E-state index in [-0.39, 0.29) is 5.91 Å². The maximum atomic E-state index is 13.0. The number of benzene rings is 2. The minimum Gasteiger partial charge on any atom is -0.497 e. The van der Waals surface area contributed by atoms with E-state index in [1.54, 1.807) is 33.7 Å². The molecule has 1 aromatic heterocycles. The second kappa shape index (κ2) is 9.84. The summed E-state index contributed by atoms with van der Waals surface area (Å²) in [6.45, 7) is 7.79. The van der Waals surface area contributed by atoms with Crippen LogP contribution >= 0.6 is 0 Å². The Labute approximate surface area is 201 Å². The van der Waals surface area contributed by atoms with E-state index in [2.05, 4.69) is 6.92 Å². The first-order chi connectivity index (χ1) is 16.4. The number of aryl methyl sites for hydroxylation is 1. The average Bonchev–Trinajstić information content (AvgIpc) is 3.28. The molecule has 1 fully saturated rings. The number of rotatable bonds is 6. The van der Waals surface area contributed by atoms with E-state index in [1.807, 2.05) is 43.0 Å². The zero-order chi connectivity index (χ0) is 24.4. The molecule has 0 radical (unpaired) electrons. The highest BCUT2D eigenvalue weighted by Crippen LogP contribution is 2.43. The molecule has 0 aliphatic carbocycles. The number of methoxy groups -OCH3 is 3. The van der Waals surface area contributed by atoms with Crippen LogP contribution < -0.4 is 14.2 Å². The van der Waals surface area contributed by atoms with Gasteiger partial charge in [-0.25, -0.2) is 0 Å². The third kappa shape index (κ3) is 4.37. The fourth-order valence-corrected chi connectivity index (χ4v) is 4.69. The summed E-state index contributed by atoms with van der Waals surface area (Å²) in [6.07, 6.45) is 5.56. The number of carbonyl (C=O) groups is 1. The van der Waals surface area contributed by atoms with Crippen LogP contribution in [0.25, 0.3) is 27.7 Å². The third-order valence-electron chi connectivity index (χ3n) is 6.80. The number of amides is 1. The van der Waals surface area contributed by atoms with Crippen molar-refractivity contribution >= 4 is 22.4 Å². The summed E-state index contributed by atoms with van der Waals surface area (Å²) in [5, 5.41) is 0.923. The highest BCUT2D eigenvalue weighted by atomic mass is 16.5. The van der Waals surface area contributed by atoms with Gasteiger partial charge in [0, 0.05) is 46.8 Å². The summed E-state index contributed by atoms with van der Waals surface area (Å²) in [5.74, 6) is 2.88. The molecule has 0 spiro atoms. The predicted molar refractivity (Wildman–Crippen MR) is 135 cm³/mol. The van der Waals surface area contributed by atoms with Gasteiger partial charge in [-0.15, -0.1) is 0 Å². The minimum absolute atomic E-state index is 0.0473. The number of carbonyl (C=O) groups excluding carboxylic acids is 1. The van der Waals surface area contributed by atoms with Gasteiger partial charge in [0.2, 0.25) is 5.91 Å². The molecule has 1 aliphatic rings. The predicted octanol–water partition coefficient (Wildman–Crippen LogP) is 6.10. The topological polar surface area (TPSA) is 61.1 Å². The Morgan fingerprint density at radius 1 is 1.06 bits per heavy atom. The zero-order valence-electron chi connectivity index (χ0n) is 20.9. The van der Waals surface area contributed by atoms with Crippen LogP contribution in [0, 0.1) is 12.8 Å². The Morgan fingerprint density at radius 3 is 2.44 bits per heavy atom. The summed E-state index contributed by atoms with van der Waals surface area (Å²) in [5.41, 5.74) is 5.11. The fraction of sp³-hybridized carbons (Fsp3) is 0.393. The number of allylic oxidation sites excluding steroid dienone is 1. The normalized spacial score (nSPS) is 15.0. The van der Waals surface area contributed by atoms with Crippen LogP contribution in [-0.4, -0.2) is 45.2 Å². The molecule has 0 unspecified atom stereocenters. The number of nitrogens with zero attached hydrogens (tertiary/aromatic N) is 1. The van der Waals surface area contributed by atoms with Crippen molar-refractivity contribution in [2.75, 3.05) is 34.4 Å². The summed E-state index contributed by atoms with van der Waals surface area (Å²) in [6, 6.07) is 7.72. The highest BCUT2D eigenvalue weighted by molar-refractivity contribution is 6.02. The highest BCUT2D eigenvalue weighted by Gasteiger charge is 2.22. The van der Waals surface area contributed by atoms with Crippen molar-refractivity contribution in [3.63, 3.8) is 0 Å². The maximum absolute atomic E-state index is 13.0. The van der Waals surface area contributed by atoms with Crippen LogP contribution in [0.5, 0.6) is 17.2 Å². The molecular formula is C28H33NO5. The first kappa shape index (κ1) is 23.7. The first-order valence-corrected chi connectivity index (χ1v) is 11.7. The second-order valence-corrected chi connectivity index (χ2v) is 9.01. The number of hydrogen-bond acceptors (Lipinski definition) is 5. The largest absolute Gasteiger partial charge is 0.497 e. The first-order valence-electron chi connectivity index (χ1n) is 11.7. The van der Waals surface area contributed by atoms with E-state index < -0.39 is 0 Å². The van der Waals surface area contributed by atoms with Gasteiger partial charge in [0.15, 0.2) is 0 Å². The van der Waals surface area contributed by atoms with Crippen molar-refractivity contribution in [3.05, 3.63) is 47.7 Å². The van der Waals surface area contributed by atoms with Crippen LogP contribution in [0.4, 0.5) is 0 Å². The Kier molecular flexibility index (Phi) is 6.87. The van der Waals surface area contributed by atoms with E-state index in [1.165, 1.54) is 0 Å². The Morgan fingerprint density at radius 2 is 1.79 bits per heavy atom. The van der Waals surface area contributed by atoms with E-state index >= 15 is 0 Å². The van der Waals surface area contributed by atoms with Crippen LogP contribution in [0.1, 0.15) is 37.8 Å². The molecule has 2 aromatic carbocycles. The Balaban J connectivity index is 1.82. The lowest BCUT2D eigenvalue weighted by Crippen LogP contribution is -2.36. The van der Waals surface area contributed by atoms with Gasteiger partial charge < -0.3 is 23.5 Å². The van der Waals surface area contributed by atoms with Crippen molar-refractivity contribution in [3.8, 4) is 28.4 Å². The molecular weight excluding hydrogens is 430 g/mol. The van der Waals surface area contributed by atoms with Gasteiger partial charge in [0.1, 0.15) is 22.8 Å². The lowest BCUT2D eigenvalue weighted by atomic mass is 9.95. The molecule has 2 heterocycles. The molecule has 3 aromatic rings. The van der Waals surface area contributed by atoms with Crippen LogP contribution in [0.15, 0.2) is 41.0 Å². The summed E-state index contributed by atoms with van der Waals surface area (Å²) in [4.78, 5) is 14.9. The summed E-state index contributed by atoms with van der Waals surface area (Å²) >= 11 is 0. The van der Waals surface area contributed by atoms with Gasteiger partial charge in [-0.3, -0.25) is 4.79 Å². The SMILES string of the molecule is COc1ccc(OC)c(-c2coc3c(C)c(OC)c(/C(C)=C/C(=O)N4CCC(C)CC4)cc23)c1. The maximum Gasteiger partial charge on any atom is 0.246 e. The number of ether oxygens (including phenoxy) is 3. The molecule has 6 nitrogen and oxygen atoms in total. The van der Waals surface area contributed by atoms with Crippen molar-refractivity contribution in [2.24, 2.45) is 5.92 Å². The van der Waals surface area contributed by atoms with Crippen molar-refractivity contribution in [2.45, 2.75) is 33.6 Å². The van der Waals surface area contributed by atoms with Gasteiger partial charge in [0.05, 0.1) is 27.6 Å². The third-order valence-corrected chi connectivity index (χ3v) is 6.80. The van der Waals surface area contributed by atoms with E-state index in [0.717, 1.165) is 76.2 Å². The van der Waals surface area contributed by atoms with Gasteiger partial charge in [-0.2, -0.15) is 0 Å². The molecule has 0 saturated carbocycles. The molecule has 1 aliphatic heterocycles. The Bertz CT molecular complexity index is 1230. The number of piperidine rings is 1.